The van der Waals surface area contributed by atoms with Gasteiger partial charge < -0.3 is 9.09 Å². The summed E-state index contributed by atoms with van der Waals surface area (Å²) in [7, 11) is 2.04. The molecule has 0 N–H and O–H groups in total. The molecule has 102 valence electrons. The molecule has 3 rings (SSSR count). The fourth-order valence-electron chi connectivity index (χ4n) is 2.41. The van der Waals surface area contributed by atoms with Crippen LogP contribution in [-0.4, -0.2) is 25.6 Å². The molecule has 19 heavy (non-hydrogen) atoms. The Morgan fingerprint density at radius 3 is 2.68 bits per heavy atom. The lowest BCUT2D eigenvalue weighted by molar-refractivity contribution is 0.235. The van der Waals surface area contributed by atoms with Crippen molar-refractivity contribution in [1.29, 1.82) is 0 Å². The molecule has 0 aliphatic heterocycles. The van der Waals surface area contributed by atoms with Gasteiger partial charge in [-0.25, -0.2) is 4.98 Å². The predicted octanol–water partition coefficient (Wildman–Crippen LogP) is 2.19. The van der Waals surface area contributed by atoms with Crippen LogP contribution in [0.15, 0.2) is 16.9 Å². The molecule has 0 atom stereocenters. The van der Waals surface area contributed by atoms with Crippen molar-refractivity contribution in [3.8, 4) is 0 Å². The third-order valence-electron chi connectivity index (χ3n) is 3.87. The molecule has 2 heterocycles. The molecule has 0 spiro atoms. The molecule has 0 bridgehead atoms. The average Bonchev–Trinajstić information content (AvgIpc) is 3.09. The maximum absolute atomic E-state index is 5.26. The average molecular weight is 260 g/mol. The Labute approximate surface area is 113 Å². The highest BCUT2D eigenvalue weighted by Gasteiger charge is 2.30. The van der Waals surface area contributed by atoms with Gasteiger partial charge >= 0.3 is 0 Å². The van der Waals surface area contributed by atoms with Gasteiger partial charge in [-0.3, -0.25) is 4.90 Å². The summed E-state index contributed by atoms with van der Waals surface area (Å²) < 4.78 is 7.34. The topological polar surface area (TPSA) is 47.1 Å². The molecule has 1 fully saturated rings. The Balaban J connectivity index is 1.77. The first-order valence-electron chi connectivity index (χ1n) is 6.77. The summed E-state index contributed by atoms with van der Waals surface area (Å²) in [6.45, 7) is 5.79. The number of hydrogen-bond donors (Lipinski definition) is 0. The molecular weight excluding hydrogens is 240 g/mol. The van der Waals surface area contributed by atoms with Crippen molar-refractivity contribution in [3.63, 3.8) is 0 Å². The molecule has 2 aromatic rings. The predicted molar refractivity (Wildman–Crippen MR) is 71.5 cm³/mol. The third-order valence-corrected chi connectivity index (χ3v) is 3.87. The Bertz CT molecular complexity index is 548. The van der Waals surface area contributed by atoms with Gasteiger partial charge in [0.05, 0.1) is 12.2 Å². The molecule has 5 nitrogen and oxygen atoms in total. The van der Waals surface area contributed by atoms with Gasteiger partial charge in [0.15, 0.2) is 0 Å². The summed E-state index contributed by atoms with van der Waals surface area (Å²) in [5, 5.41) is 4.04. The Hall–Kier alpha value is -1.62. The van der Waals surface area contributed by atoms with Crippen molar-refractivity contribution < 1.29 is 4.52 Å². The van der Waals surface area contributed by atoms with Crippen LogP contribution < -0.4 is 0 Å². The number of rotatable bonds is 5. The summed E-state index contributed by atoms with van der Waals surface area (Å²) in [4.78, 5) is 6.90. The minimum absolute atomic E-state index is 0.686. The normalized spacial score (nSPS) is 15.4. The van der Waals surface area contributed by atoms with Gasteiger partial charge in [-0.05, 0) is 26.7 Å². The van der Waals surface area contributed by atoms with Crippen molar-refractivity contribution in [2.45, 2.75) is 45.8 Å². The standard InChI is InChI=1S/C14H20N4O/c1-10-13(11(2)19-16-10)8-18(12-4-5-12)9-14-15-6-7-17(14)3/h6-7,12H,4-5,8-9H2,1-3H3. The minimum Gasteiger partial charge on any atom is -0.361 e. The highest BCUT2D eigenvalue weighted by molar-refractivity contribution is 5.21. The van der Waals surface area contributed by atoms with Crippen LogP contribution in [0.2, 0.25) is 0 Å². The van der Waals surface area contributed by atoms with Crippen molar-refractivity contribution in [1.82, 2.24) is 19.6 Å². The smallest absolute Gasteiger partial charge is 0.138 e. The molecule has 2 aromatic heterocycles. The van der Waals surface area contributed by atoms with E-state index in [1.54, 1.807) is 0 Å². The van der Waals surface area contributed by atoms with Crippen LogP contribution in [0.1, 0.15) is 35.7 Å². The molecular formula is C14H20N4O. The third kappa shape index (κ3) is 2.56. The second kappa shape index (κ2) is 4.81. The van der Waals surface area contributed by atoms with Crippen molar-refractivity contribution in [2.75, 3.05) is 0 Å². The molecule has 0 radical (unpaired) electrons. The van der Waals surface area contributed by atoms with E-state index in [-0.39, 0.29) is 0 Å². The van der Waals surface area contributed by atoms with Gasteiger partial charge in [-0.2, -0.15) is 0 Å². The first-order valence-corrected chi connectivity index (χ1v) is 6.77. The fourth-order valence-corrected chi connectivity index (χ4v) is 2.41. The first-order chi connectivity index (χ1) is 9.15. The summed E-state index contributed by atoms with van der Waals surface area (Å²) in [5.41, 5.74) is 2.23. The van der Waals surface area contributed by atoms with Crippen molar-refractivity contribution in [2.24, 2.45) is 7.05 Å². The van der Waals surface area contributed by atoms with E-state index >= 15 is 0 Å². The van der Waals surface area contributed by atoms with Gasteiger partial charge in [-0.1, -0.05) is 5.16 Å². The van der Waals surface area contributed by atoms with E-state index in [4.69, 9.17) is 4.52 Å². The zero-order chi connectivity index (χ0) is 13.4. The molecule has 5 heteroatoms. The van der Waals surface area contributed by atoms with Crippen LogP contribution in [-0.2, 0) is 20.1 Å². The van der Waals surface area contributed by atoms with Gasteiger partial charge in [0.1, 0.15) is 11.6 Å². The highest BCUT2D eigenvalue weighted by atomic mass is 16.5. The van der Waals surface area contributed by atoms with Crippen molar-refractivity contribution in [3.05, 3.63) is 35.2 Å². The first kappa shape index (κ1) is 12.4. The van der Waals surface area contributed by atoms with E-state index in [2.05, 4.69) is 19.6 Å². The molecule has 1 aliphatic rings. The van der Waals surface area contributed by atoms with E-state index in [9.17, 15) is 0 Å². The van der Waals surface area contributed by atoms with Crippen LogP contribution in [0.5, 0.6) is 0 Å². The van der Waals surface area contributed by atoms with E-state index in [0.717, 1.165) is 30.4 Å². The zero-order valence-corrected chi connectivity index (χ0v) is 11.8. The van der Waals surface area contributed by atoms with E-state index in [1.807, 2.05) is 33.3 Å². The number of nitrogens with zero attached hydrogens (tertiary/aromatic N) is 4. The van der Waals surface area contributed by atoms with Crippen LogP contribution in [0, 0.1) is 13.8 Å². The van der Waals surface area contributed by atoms with E-state index in [0.29, 0.717) is 6.04 Å². The Morgan fingerprint density at radius 1 is 1.37 bits per heavy atom. The minimum atomic E-state index is 0.686. The van der Waals surface area contributed by atoms with Crippen molar-refractivity contribution >= 4 is 0 Å². The van der Waals surface area contributed by atoms with Gasteiger partial charge in [0, 0.05) is 37.6 Å². The highest BCUT2D eigenvalue weighted by Crippen LogP contribution is 2.30. The quantitative estimate of drug-likeness (QED) is 0.826. The molecule has 0 saturated heterocycles. The maximum Gasteiger partial charge on any atom is 0.138 e. The largest absolute Gasteiger partial charge is 0.361 e. The SMILES string of the molecule is Cc1noc(C)c1CN(Cc1nccn1C)C1CC1. The monoisotopic (exact) mass is 260 g/mol. The molecule has 1 aliphatic carbocycles. The van der Waals surface area contributed by atoms with Crippen LogP contribution in [0.25, 0.3) is 0 Å². The molecule has 0 aromatic carbocycles. The van der Waals surface area contributed by atoms with E-state index in [1.165, 1.54) is 18.4 Å². The van der Waals surface area contributed by atoms with Crippen LogP contribution in [0.4, 0.5) is 0 Å². The Morgan fingerprint density at radius 2 is 2.16 bits per heavy atom. The Kier molecular flexibility index (Phi) is 3.14. The second-order valence-electron chi connectivity index (χ2n) is 5.39. The van der Waals surface area contributed by atoms with Gasteiger partial charge in [0.25, 0.3) is 0 Å². The summed E-state index contributed by atoms with van der Waals surface area (Å²) in [6.07, 6.45) is 6.42. The van der Waals surface area contributed by atoms with E-state index < -0.39 is 0 Å². The number of imidazole rings is 1. The summed E-state index contributed by atoms with van der Waals surface area (Å²) in [5.74, 6) is 2.04. The molecule has 0 unspecified atom stereocenters. The van der Waals surface area contributed by atoms with Gasteiger partial charge in [0.2, 0.25) is 0 Å². The van der Waals surface area contributed by atoms with Gasteiger partial charge in [-0.15, -0.1) is 0 Å². The van der Waals surface area contributed by atoms with Crippen LogP contribution in [0.3, 0.4) is 0 Å². The molecule has 1 saturated carbocycles. The number of hydrogen-bond acceptors (Lipinski definition) is 4. The molecule has 0 amide bonds. The fraction of sp³-hybridized carbons (Fsp3) is 0.571. The van der Waals surface area contributed by atoms with Crippen LogP contribution >= 0.6 is 0 Å². The lowest BCUT2D eigenvalue weighted by Gasteiger charge is -2.21. The summed E-state index contributed by atoms with van der Waals surface area (Å²) in [6, 6.07) is 0.686. The maximum atomic E-state index is 5.26. The lowest BCUT2D eigenvalue weighted by Crippen LogP contribution is -2.27. The number of aromatic nitrogens is 3. The second-order valence-corrected chi connectivity index (χ2v) is 5.39. The zero-order valence-electron chi connectivity index (χ0n) is 11.8. The lowest BCUT2D eigenvalue weighted by atomic mass is 10.2. The summed E-state index contributed by atoms with van der Waals surface area (Å²) >= 11 is 0. The number of aryl methyl sites for hydroxylation is 3.